The number of aromatic amines is 2. The number of aromatic nitrogens is 5. The molecule has 0 amide bonds. The van der Waals surface area contributed by atoms with Crippen molar-refractivity contribution in [1.29, 1.82) is 0 Å². The first-order valence-corrected chi connectivity index (χ1v) is 13.9. The number of H-pyrrole nitrogens is 2. The van der Waals surface area contributed by atoms with Gasteiger partial charge in [0.2, 0.25) is 0 Å². The van der Waals surface area contributed by atoms with Crippen LogP contribution in [0.4, 0.5) is 0 Å². The Kier molecular flexibility index (Phi) is 5.27. The number of pyridine rings is 2. The van der Waals surface area contributed by atoms with Crippen LogP contribution in [0.3, 0.4) is 0 Å². The van der Waals surface area contributed by atoms with Crippen molar-refractivity contribution >= 4 is 30.1 Å². The lowest BCUT2D eigenvalue weighted by Crippen LogP contribution is -2.21. The van der Waals surface area contributed by atoms with Crippen LogP contribution < -0.4 is 0 Å². The molecule has 0 aliphatic rings. The molecule has 0 aliphatic carbocycles. The van der Waals surface area contributed by atoms with Gasteiger partial charge in [-0.1, -0.05) is 33.5 Å². The maximum atomic E-state index is 6.16. The second-order valence-corrected chi connectivity index (χ2v) is 14.7. The second-order valence-electron chi connectivity index (χ2n) is 9.10. The van der Waals surface area contributed by atoms with Gasteiger partial charge in [0.15, 0.2) is 5.65 Å². The van der Waals surface area contributed by atoms with Gasteiger partial charge in [-0.3, -0.25) is 5.10 Å². The first-order chi connectivity index (χ1) is 13.8. The highest BCUT2D eigenvalue weighted by Crippen LogP contribution is 2.36. The molecule has 4 aromatic heterocycles. The van der Waals surface area contributed by atoms with E-state index in [9.17, 15) is 0 Å². The number of ether oxygens (including phenoxy) is 1. The molecule has 0 saturated heterocycles. The molecule has 0 aliphatic heterocycles. The van der Waals surface area contributed by atoms with Crippen molar-refractivity contribution in [1.82, 2.24) is 25.1 Å². The summed E-state index contributed by atoms with van der Waals surface area (Å²) >= 11 is 0. The zero-order valence-electron chi connectivity index (χ0n) is 17.8. The summed E-state index contributed by atoms with van der Waals surface area (Å²) in [5.74, 6) is 0.298. The van der Waals surface area contributed by atoms with Gasteiger partial charge >= 0.3 is 0 Å². The molecule has 4 rings (SSSR count). The Morgan fingerprint density at radius 2 is 1.90 bits per heavy atom. The van der Waals surface area contributed by atoms with Gasteiger partial charge in [0.25, 0.3) is 0 Å². The van der Waals surface area contributed by atoms with Crippen molar-refractivity contribution < 1.29 is 4.74 Å². The summed E-state index contributed by atoms with van der Waals surface area (Å²) in [6.45, 7) is 12.8. The molecule has 6 nitrogen and oxygen atoms in total. The standard InChI is InChI=1S/C22H29N5OSi/c1-14(2)20-19-15(6-8-24-22(19)27-26-20)17-12-25-21-16(7-9-23-21)18(17)13-28-10-11-29(3,4)5/h6-9,12,14H,10-11,13H2,1-5H3,(H,23,25)(H,24,26,27). The molecule has 0 unspecified atom stereocenters. The first kappa shape index (κ1) is 19.8. The fraction of sp³-hybridized carbons (Fsp3) is 0.409. The highest BCUT2D eigenvalue weighted by molar-refractivity contribution is 6.76. The molecule has 0 bridgehead atoms. The third-order valence-electron chi connectivity index (χ3n) is 5.27. The summed E-state index contributed by atoms with van der Waals surface area (Å²) in [5, 5.41) is 9.79. The van der Waals surface area contributed by atoms with Crippen LogP contribution in [-0.4, -0.2) is 39.8 Å². The van der Waals surface area contributed by atoms with E-state index in [1.165, 1.54) is 0 Å². The molecule has 0 spiro atoms. The van der Waals surface area contributed by atoms with Crippen LogP contribution >= 0.6 is 0 Å². The van der Waals surface area contributed by atoms with Crippen molar-refractivity contribution in [2.45, 2.75) is 52.1 Å². The highest BCUT2D eigenvalue weighted by atomic mass is 28.3. The summed E-state index contributed by atoms with van der Waals surface area (Å²) in [4.78, 5) is 12.4. The van der Waals surface area contributed by atoms with Crippen molar-refractivity contribution in [3.05, 3.63) is 42.0 Å². The Hall–Kier alpha value is -2.51. The van der Waals surface area contributed by atoms with Gasteiger partial charge in [-0.25, -0.2) is 9.97 Å². The molecule has 7 heteroatoms. The van der Waals surface area contributed by atoms with Crippen LogP contribution in [0.5, 0.6) is 0 Å². The Balaban J connectivity index is 1.80. The summed E-state index contributed by atoms with van der Waals surface area (Å²) in [7, 11) is -1.12. The van der Waals surface area contributed by atoms with Gasteiger partial charge in [-0.2, -0.15) is 5.10 Å². The van der Waals surface area contributed by atoms with Crippen LogP contribution in [-0.2, 0) is 11.3 Å². The molecule has 0 atom stereocenters. The summed E-state index contributed by atoms with van der Waals surface area (Å²) in [6.07, 6.45) is 5.71. The maximum absolute atomic E-state index is 6.16. The minimum Gasteiger partial charge on any atom is -0.377 e. The number of hydrogen-bond acceptors (Lipinski definition) is 4. The largest absolute Gasteiger partial charge is 0.377 e. The van der Waals surface area contributed by atoms with E-state index >= 15 is 0 Å². The molecular weight excluding hydrogens is 378 g/mol. The second kappa shape index (κ2) is 7.72. The predicted octanol–water partition coefficient (Wildman–Crippen LogP) is 5.48. The average molecular weight is 408 g/mol. The fourth-order valence-corrected chi connectivity index (χ4v) is 4.38. The zero-order chi connectivity index (χ0) is 20.6. The molecule has 152 valence electrons. The fourth-order valence-electron chi connectivity index (χ4n) is 3.62. The van der Waals surface area contributed by atoms with Crippen LogP contribution in [0.2, 0.25) is 25.7 Å². The van der Waals surface area contributed by atoms with Crippen LogP contribution in [0.1, 0.15) is 31.0 Å². The molecule has 2 N–H and O–H groups in total. The Bertz CT molecular complexity index is 1140. The Morgan fingerprint density at radius 1 is 1.07 bits per heavy atom. The third-order valence-corrected chi connectivity index (χ3v) is 6.97. The quantitative estimate of drug-likeness (QED) is 0.314. The topological polar surface area (TPSA) is 79.5 Å². The monoisotopic (exact) mass is 407 g/mol. The van der Waals surface area contributed by atoms with E-state index in [0.717, 1.165) is 57.1 Å². The lowest BCUT2D eigenvalue weighted by Gasteiger charge is -2.17. The maximum Gasteiger partial charge on any atom is 0.155 e. The van der Waals surface area contributed by atoms with E-state index in [4.69, 9.17) is 4.74 Å². The molecule has 0 saturated carbocycles. The van der Waals surface area contributed by atoms with Gasteiger partial charge in [-0.05, 0) is 35.2 Å². The van der Waals surface area contributed by atoms with E-state index in [0.29, 0.717) is 12.5 Å². The smallest absolute Gasteiger partial charge is 0.155 e. The zero-order valence-corrected chi connectivity index (χ0v) is 18.8. The van der Waals surface area contributed by atoms with E-state index < -0.39 is 8.07 Å². The van der Waals surface area contributed by atoms with E-state index in [-0.39, 0.29) is 0 Å². The normalized spacial score (nSPS) is 12.5. The van der Waals surface area contributed by atoms with Gasteiger partial charge in [0, 0.05) is 44.2 Å². The number of nitrogens with zero attached hydrogens (tertiary/aromatic N) is 3. The van der Waals surface area contributed by atoms with Crippen LogP contribution in [0.15, 0.2) is 30.7 Å². The van der Waals surface area contributed by atoms with Crippen molar-refractivity contribution in [2.75, 3.05) is 6.61 Å². The Labute approximate surface area is 172 Å². The average Bonchev–Trinajstić information content (AvgIpc) is 3.30. The highest BCUT2D eigenvalue weighted by Gasteiger charge is 2.19. The van der Waals surface area contributed by atoms with E-state index in [1.807, 2.05) is 18.6 Å². The first-order valence-electron chi connectivity index (χ1n) is 10.2. The lowest BCUT2D eigenvalue weighted by atomic mass is 9.95. The van der Waals surface area contributed by atoms with E-state index in [2.05, 4.69) is 70.8 Å². The van der Waals surface area contributed by atoms with Gasteiger partial charge in [-0.15, -0.1) is 0 Å². The molecule has 4 heterocycles. The number of nitrogens with one attached hydrogen (secondary N) is 2. The number of fused-ring (bicyclic) bond motifs is 2. The van der Waals surface area contributed by atoms with Crippen LogP contribution in [0, 0.1) is 0 Å². The van der Waals surface area contributed by atoms with Crippen LogP contribution in [0.25, 0.3) is 33.2 Å². The van der Waals surface area contributed by atoms with E-state index in [1.54, 1.807) is 0 Å². The minimum absolute atomic E-state index is 0.298. The van der Waals surface area contributed by atoms with Gasteiger partial charge < -0.3 is 9.72 Å². The summed E-state index contributed by atoms with van der Waals surface area (Å²) < 4.78 is 6.16. The molecule has 4 aromatic rings. The molecule has 0 aromatic carbocycles. The van der Waals surface area contributed by atoms with Crippen molar-refractivity contribution in [3.63, 3.8) is 0 Å². The predicted molar refractivity (Wildman–Crippen MR) is 121 cm³/mol. The molecule has 0 fully saturated rings. The van der Waals surface area contributed by atoms with Crippen molar-refractivity contribution in [3.8, 4) is 11.1 Å². The SMILES string of the molecule is CC(C)c1n[nH]c2nccc(-c3cnc4[nH]ccc4c3COCC[Si](C)(C)C)c12. The van der Waals surface area contributed by atoms with Gasteiger partial charge in [0.1, 0.15) is 5.65 Å². The van der Waals surface area contributed by atoms with Gasteiger partial charge in [0.05, 0.1) is 17.7 Å². The number of rotatable bonds is 7. The minimum atomic E-state index is -1.12. The summed E-state index contributed by atoms with van der Waals surface area (Å²) in [5.41, 5.74) is 6.08. The third kappa shape index (κ3) is 3.97. The molecule has 0 radical (unpaired) electrons. The summed E-state index contributed by atoms with van der Waals surface area (Å²) in [6, 6.07) is 5.30. The van der Waals surface area contributed by atoms with Crippen molar-refractivity contribution in [2.24, 2.45) is 0 Å². The Morgan fingerprint density at radius 3 is 2.66 bits per heavy atom. The number of hydrogen-bond donors (Lipinski definition) is 2. The molecule has 29 heavy (non-hydrogen) atoms. The lowest BCUT2D eigenvalue weighted by molar-refractivity contribution is 0.134. The molecular formula is C22H29N5OSi.